The summed E-state index contributed by atoms with van der Waals surface area (Å²) in [5.74, 6) is 0. The summed E-state index contributed by atoms with van der Waals surface area (Å²) in [6.07, 6.45) is 5.39. The summed E-state index contributed by atoms with van der Waals surface area (Å²) in [6, 6.07) is 10.1. The Morgan fingerprint density at radius 2 is 2.00 bits per heavy atom. The summed E-state index contributed by atoms with van der Waals surface area (Å²) in [7, 11) is 1.74. The van der Waals surface area contributed by atoms with E-state index in [4.69, 9.17) is 4.74 Å². The van der Waals surface area contributed by atoms with Gasteiger partial charge < -0.3 is 9.84 Å². The zero-order valence-electron chi connectivity index (χ0n) is 11.2. The monoisotopic (exact) mass is 257 g/mol. The van der Waals surface area contributed by atoms with E-state index in [0.717, 1.165) is 42.1 Å². The van der Waals surface area contributed by atoms with Gasteiger partial charge in [0.05, 0.1) is 17.2 Å². The Balaban J connectivity index is 1.91. The van der Waals surface area contributed by atoms with Crippen LogP contribution in [0, 0.1) is 0 Å². The first-order valence-corrected chi connectivity index (χ1v) is 6.82. The second-order valence-electron chi connectivity index (χ2n) is 5.38. The van der Waals surface area contributed by atoms with Crippen LogP contribution in [0.25, 0.3) is 10.9 Å². The van der Waals surface area contributed by atoms with Gasteiger partial charge in [0.1, 0.15) is 0 Å². The average Bonchev–Trinajstić information content (AvgIpc) is 2.47. The molecular formula is C16H19NO2. The summed E-state index contributed by atoms with van der Waals surface area (Å²) in [5, 5.41) is 11.9. The number of methoxy groups -OCH3 is 1. The number of aromatic nitrogens is 1. The smallest absolute Gasteiger partial charge is 0.0913 e. The summed E-state index contributed by atoms with van der Waals surface area (Å²) >= 11 is 0. The van der Waals surface area contributed by atoms with Crippen molar-refractivity contribution in [2.75, 3.05) is 7.11 Å². The van der Waals surface area contributed by atoms with Crippen molar-refractivity contribution >= 4 is 10.9 Å². The van der Waals surface area contributed by atoms with Crippen molar-refractivity contribution in [1.82, 2.24) is 4.98 Å². The van der Waals surface area contributed by atoms with Gasteiger partial charge in [0.25, 0.3) is 0 Å². The molecule has 0 unspecified atom stereocenters. The van der Waals surface area contributed by atoms with Crippen LogP contribution < -0.4 is 0 Å². The Hall–Kier alpha value is -1.45. The van der Waals surface area contributed by atoms with E-state index < -0.39 is 5.60 Å². The van der Waals surface area contributed by atoms with Crippen molar-refractivity contribution in [1.29, 1.82) is 0 Å². The van der Waals surface area contributed by atoms with Gasteiger partial charge in [-0.3, -0.25) is 4.98 Å². The Labute approximate surface area is 113 Å². The maximum absolute atomic E-state index is 10.8. The fourth-order valence-electron chi connectivity index (χ4n) is 2.92. The minimum absolute atomic E-state index is 0.286. The molecule has 0 atom stereocenters. The molecule has 1 fully saturated rings. The summed E-state index contributed by atoms with van der Waals surface area (Å²) in [4.78, 5) is 4.45. The molecule has 1 N–H and O–H groups in total. The maximum atomic E-state index is 10.8. The zero-order valence-corrected chi connectivity index (χ0v) is 11.2. The molecular weight excluding hydrogens is 238 g/mol. The number of hydrogen-bond donors (Lipinski definition) is 1. The van der Waals surface area contributed by atoms with Crippen molar-refractivity contribution in [2.24, 2.45) is 0 Å². The molecule has 1 aliphatic carbocycles. The molecule has 1 aliphatic rings. The molecule has 1 saturated carbocycles. The van der Waals surface area contributed by atoms with Crippen LogP contribution in [0.1, 0.15) is 31.2 Å². The number of aliphatic hydroxyl groups is 1. The first-order valence-electron chi connectivity index (χ1n) is 6.82. The molecule has 100 valence electrons. The van der Waals surface area contributed by atoms with E-state index in [1.807, 2.05) is 30.5 Å². The van der Waals surface area contributed by atoms with Gasteiger partial charge in [-0.05, 0) is 37.8 Å². The molecule has 0 aliphatic heterocycles. The van der Waals surface area contributed by atoms with E-state index in [0.29, 0.717) is 0 Å². The highest BCUT2D eigenvalue weighted by Crippen LogP contribution is 2.38. The number of rotatable bonds is 2. The van der Waals surface area contributed by atoms with E-state index in [1.165, 1.54) is 0 Å². The highest BCUT2D eigenvalue weighted by Gasteiger charge is 2.35. The number of nitrogens with zero attached hydrogens (tertiary/aromatic N) is 1. The molecule has 0 spiro atoms. The van der Waals surface area contributed by atoms with Gasteiger partial charge in [0.2, 0.25) is 0 Å². The lowest BCUT2D eigenvalue weighted by Gasteiger charge is -2.35. The molecule has 3 heteroatoms. The van der Waals surface area contributed by atoms with Gasteiger partial charge in [-0.25, -0.2) is 0 Å². The molecule has 3 rings (SSSR count). The van der Waals surface area contributed by atoms with E-state index in [1.54, 1.807) is 7.11 Å². The van der Waals surface area contributed by atoms with Gasteiger partial charge in [0, 0.05) is 24.3 Å². The second-order valence-corrected chi connectivity index (χ2v) is 5.38. The van der Waals surface area contributed by atoms with Crippen molar-refractivity contribution in [2.45, 2.75) is 37.4 Å². The fraction of sp³-hybridized carbons (Fsp3) is 0.438. The van der Waals surface area contributed by atoms with Crippen LogP contribution in [-0.4, -0.2) is 23.3 Å². The van der Waals surface area contributed by atoms with Crippen LogP contribution in [0.15, 0.2) is 36.5 Å². The average molecular weight is 257 g/mol. The standard InChI is InChI=1S/C16H19NO2/c1-19-14-6-8-16(18,9-7-14)13-10-12-4-2-3-5-15(12)17-11-13/h2-5,10-11,14,18H,6-9H2,1H3. The minimum Gasteiger partial charge on any atom is -0.385 e. The number of fused-ring (bicyclic) bond motifs is 1. The Kier molecular flexibility index (Phi) is 3.25. The summed E-state index contributed by atoms with van der Waals surface area (Å²) < 4.78 is 5.36. The van der Waals surface area contributed by atoms with Crippen molar-refractivity contribution < 1.29 is 9.84 Å². The molecule has 0 radical (unpaired) electrons. The zero-order chi connectivity index (χ0) is 13.3. The first kappa shape index (κ1) is 12.6. The molecule has 19 heavy (non-hydrogen) atoms. The van der Waals surface area contributed by atoms with Crippen LogP contribution in [0.5, 0.6) is 0 Å². The summed E-state index contributed by atoms with van der Waals surface area (Å²) in [5.41, 5.74) is 1.16. The molecule has 0 bridgehead atoms. The number of benzene rings is 1. The van der Waals surface area contributed by atoms with E-state index in [2.05, 4.69) is 11.1 Å². The van der Waals surface area contributed by atoms with Gasteiger partial charge in [0.15, 0.2) is 0 Å². The van der Waals surface area contributed by atoms with E-state index in [9.17, 15) is 5.11 Å². The topological polar surface area (TPSA) is 42.4 Å². The molecule has 0 saturated heterocycles. The Morgan fingerprint density at radius 1 is 1.26 bits per heavy atom. The van der Waals surface area contributed by atoms with Crippen molar-refractivity contribution in [3.8, 4) is 0 Å². The SMILES string of the molecule is COC1CCC(O)(c2cnc3ccccc3c2)CC1. The van der Waals surface area contributed by atoms with Gasteiger partial charge in [-0.2, -0.15) is 0 Å². The largest absolute Gasteiger partial charge is 0.385 e. The van der Waals surface area contributed by atoms with Crippen molar-refractivity contribution in [3.05, 3.63) is 42.1 Å². The van der Waals surface area contributed by atoms with E-state index in [-0.39, 0.29) is 6.10 Å². The number of ether oxygens (including phenoxy) is 1. The number of para-hydroxylation sites is 1. The maximum Gasteiger partial charge on any atom is 0.0913 e. The second kappa shape index (κ2) is 4.91. The molecule has 0 amide bonds. The lowest BCUT2D eigenvalue weighted by Crippen LogP contribution is -2.34. The minimum atomic E-state index is -0.744. The van der Waals surface area contributed by atoms with Crippen LogP contribution in [0.3, 0.4) is 0 Å². The van der Waals surface area contributed by atoms with E-state index >= 15 is 0 Å². The van der Waals surface area contributed by atoms with Gasteiger partial charge in [-0.15, -0.1) is 0 Å². The molecule has 1 aromatic heterocycles. The van der Waals surface area contributed by atoms with Gasteiger partial charge in [-0.1, -0.05) is 18.2 Å². The number of pyridine rings is 1. The van der Waals surface area contributed by atoms with Crippen LogP contribution in [0.4, 0.5) is 0 Å². The molecule has 1 heterocycles. The Bertz CT molecular complexity index is 574. The first-order chi connectivity index (χ1) is 9.21. The lowest BCUT2D eigenvalue weighted by molar-refractivity contribution is -0.0475. The Morgan fingerprint density at radius 3 is 2.74 bits per heavy atom. The molecule has 3 nitrogen and oxygen atoms in total. The third-order valence-electron chi connectivity index (χ3n) is 4.22. The molecule has 2 aromatic rings. The summed E-state index contributed by atoms with van der Waals surface area (Å²) in [6.45, 7) is 0. The van der Waals surface area contributed by atoms with Crippen molar-refractivity contribution in [3.63, 3.8) is 0 Å². The number of hydrogen-bond acceptors (Lipinski definition) is 3. The van der Waals surface area contributed by atoms with Crippen LogP contribution >= 0.6 is 0 Å². The predicted octanol–water partition coefficient (Wildman–Crippen LogP) is 3.01. The van der Waals surface area contributed by atoms with Crippen LogP contribution in [0.2, 0.25) is 0 Å². The predicted molar refractivity (Wildman–Crippen MR) is 74.9 cm³/mol. The quantitative estimate of drug-likeness (QED) is 0.899. The fourth-order valence-corrected chi connectivity index (χ4v) is 2.92. The lowest BCUT2D eigenvalue weighted by atomic mass is 9.79. The highest BCUT2D eigenvalue weighted by atomic mass is 16.5. The van der Waals surface area contributed by atoms with Gasteiger partial charge >= 0.3 is 0 Å². The third kappa shape index (κ3) is 2.36. The third-order valence-corrected chi connectivity index (χ3v) is 4.22. The van der Waals surface area contributed by atoms with Crippen LogP contribution in [-0.2, 0) is 10.3 Å². The highest BCUT2D eigenvalue weighted by molar-refractivity contribution is 5.78. The normalized spacial score (nSPS) is 27.6. The molecule has 1 aromatic carbocycles.